The van der Waals surface area contributed by atoms with Gasteiger partial charge in [0.25, 0.3) is 0 Å². The lowest BCUT2D eigenvalue weighted by Crippen LogP contribution is -2.46. The standard InChI is InChI=1S/C41H60N/c1-2-3-4-5-6-7-8-9-10-11-12-13-14-15-16-17-18-28-35-42(36-39-29-22-19-23-30-39,37-40-31-24-20-25-32-40)38-41-33-26-21-27-34-41/h12-13,19-27,29-34H,2-11,14-18,28,35-38H2,1H3/q+1/b13-12+. The average molecular weight is 567 g/mol. The van der Waals surface area contributed by atoms with Gasteiger partial charge in [0, 0.05) is 16.7 Å². The number of allylic oxidation sites excluding steroid dienone is 2. The normalized spacial score (nSPS) is 11.8. The average Bonchev–Trinajstić information content (AvgIpc) is 3.02. The Morgan fingerprint density at radius 1 is 0.405 bits per heavy atom. The van der Waals surface area contributed by atoms with Crippen molar-refractivity contribution < 1.29 is 4.48 Å². The third kappa shape index (κ3) is 15.0. The van der Waals surface area contributed by atoms with Crippen LogP contribution in [0.4, 0.5) is 0 Å². The van der Waals surface area contributed by atoms with Crippen molar-refractivity contribution in [1.82, 2.24) is 0 Å². The Kier molecular flexibility index (Phi) is 17.7. The maximum absolute atomic E-state index is 2.45. The highest BCUT2D eigenvalue weighted by Gasteiger charge is 2.28. The number of unbranched alkanes of at least 4 members (excludes halogenated alkanes) is 14. The van der Waals surface area contributed by atoms with Crippen molar-refractivity contribution in [3.63, 3.8) is 0 Å². The fraction of sp³-hybridized carbons (Fsp3) is 0.512. The summed E-state index contributed by atoms with van der Waals surface area (Å²) < 4.78 is 1.08. The second kappa shape index (κ2) is 22.0. The molecule has 0 unspecified atom stereocenters. The van der Waals surface area contributed by atoms with Gasteiger partial charge in [-0.05, 0) is 38.5 Å². The molecule has 0 heterocycles. The first kappa shape index (κ1) is 33.9. The molecule has 3 rings (SSSR count). The van der Waals surface area contributed by atoms with Crippen molar-refractivity contribution in [1.29, 1.82) is 0 Å². The van der Waals surface area contributed by atoms with E-state index in [4.69, 9.17) is 0 Å². The van der Waals surface area contributed by atoms with Crippen LogP contribution in [0.2, 0.25) is 0 Å². The molecular weight excluding hydrogens is 506 g/mol. The van der Waals surface area contributed by atoms with Crippen LogP contribution >= 0.6 is 0 Å². The molecule has 0 aliphatic rings. The Bertz CT molecular complexity index is 939. The van der Waals surface area contributed by atoms with Gasteiger partial charge in [-0.3, -0.25) is 0 Å². The highest BCUT2D eigenvalue weighted by molar-refractivity contribution is 5.17. The van der Waals surface area contributed by atoms with E-state index in [2.05, 4.69) is 110 Å². The van der Waals surface area contributed by atoms with E-state index in [-0.39, 0.29) is 0 Å². The maximum Gasteiger partial charge on any atom is 0.105 e. The highest BCUT2D eigenvalue weighted by atomic mass is 15.3. The Hall–Kier alpha value is -2.64. The van der Waals surface area contributed by atoms with E-state index >= 15 is 0 Å². The van der Waals surface area contributed by atoms with Crippen LogP contribution in [0.5, 0.6) is 0 Å². The zero-order chi connectivity index (χ0) is 29.4. The van der Waals surface area contributed by atoms with Crippen LogP contribution in [0.25, 0.3) is 0 Å². The summed E-state index contributed by atoms with van der Waals surface area (Å²) in [6.45, 7) is 6.75. The van der Waals surface area contributed by atoms with E-state index < -0.39 is 0 Å². The van der Waals surface area contributed by atoms with Crippen molar-refractivity contribution in [2.45, 2.75) is 129 Å². The van der Waals surface area contributed by atoms with Crippen LogP contribution in [0.15, 0.2) is 103 Å². The third-order valence-electron chi connectivity index (χ3n) is 8.73. The van der Waals surface area contributed by atoms with Gasteiger partial charge in [0.15, 0.2) is 0 Å². The summed E-state index contributed by atoms with van der Waals surface area (Å²) >= 11 is 0. The van der Waals surface area contributed by atoms with Gasteiger partial charge < -0.3 is 4.48 Å². The van der Waals surface area contributed by atoms with Gasteiger partial charge in [0.2, 0.25) is 0 Å². The van der Waals surface area contributed by atoms with Crippen molar-refractivity contribution in [3.05, 3.63) is 120 Å². The molecule has 0 amide bonds. The molecule has 1 heteroatoms. The summed E-state index contributed by atoms with van der Waals surface area (Å²) in [4.78, 5) is 0. The molecule has 3 aromatic carbocycles. The molecule has 0 fully saturated rings. The monoisotopic (exact) mass is 566 g/mol. The lowest BCUT2D eigenvalue weighted by molar-refractivity contribution is -0.966. The lowest BCUT2D eigenvalue weighted by atomic mass is 10.0. The lowest BCUT2D eigenvalue weighted by Gasteiger charge is -2.39. The molecule has 0 saturated heterocycles. The zero-order valence-corrected chi connectivity index (χ0v) is 26.9. The number of rotatable bonds is 24. The Morgan fingerprint density at radius 3 is 1.12 bits per heavy atom. The Balaban J connectivity index is 1.39. The van der Waals surface area contributed by atoms with Crippen molar-refractivity contribution >= 4 is 0 Å². The van der Waals surface area contributed by atoms with Gasteiger partial charge in [-0.15, -0.1) is 0 Å². The fourth-order valence-corrected chi connectivity index (χ4v) is 6.37. The first-order chi connectivity index (χ1) is 20.8. The van der Waals surface area contributed by atoms with Crippen molar-refractivity contribution in [2.24, 2.45) is 0 Å². The molecule has 0 atom stereocenters. The van der Waals surface area contributed by atoms with Crippen LogP contribution in [0, 0.1) is 0 Å². The van der Waals surface area contributed by atoms with Crippen LogP contribution in [0.3, 0.4) is 0 Å². The summed E-state index contributed by atoms with van der Waals surface area (Å²) in [5, 5.41) is 0. The Morgan fingerprint density at radius 2 is 0.738 bits per heavy atom. The molecule has 42 heavy (non-hydrogen) atoms. The number of hydrogen-bond acceptors (Lipinski definition) is 0. The van der Waals surface area contributed by atoms with Crippen LogP contribution < -0.4 is 0 Å². The molecule has 0 aliphatic heterocycles. The summed E-state index contributed by atoms with van der Waals surface area (Å²) in [5.74, 6) is 0. The summed E-state index contributed by atoms with van der Waals surface area (Å²) in [7, 11) is 0. The first-order valence-corrected chi connectivity index (χ1v) is 17.4. The molecule has 0 saturated carbocycles. The van der Waals surface area contributed by atoms with Gasteiger partial charge >= 0.3 is 0 Å². The molecule has 0 aliphatic carbocycles. The predicted molar refractivity (Wildman–Crippen MR) is 184 cm³/mol. The third-order valence-corrected chi connectivity index (χ3v) is 8.73. The topological polar surface area (TPSA) is 0 Å². The van der Waals surface area contributed by atoms with E-state index in [9.17, 15) is 0 Å². The summed E-state index contributed by atoms with van der Waals surface area (Å²) in [6.07, 6.45) is 26.9. The van der Waals surface area contributed by atoms with Crippen molar-refractivity contribution in [2.75, 3.05) is 6.54 Å². The Labute approximate surface area is 259 Å². The summed E-state index contributed by atoms with van der Waals surface area (Å²) in [6, 6.07) is 33.5. The minimum Gasteiger partial charge on any atom is -0.312 e. The minimum absolute atomic E-state index is 1.08. The van der Waals surface area contributed by atoms with Crippen LogP contribution in [0.1, 0.15) is 126 Å². The first-order valence-electron chi connectivity index (χ1n) is 17.4. The van der Waals surface area contributed by atoms with Gasteiger partial charge in [0.1, 0.15) is 19.6 Å². The zero-order valence-electron chi connectivity index (χ0n) is 26.9. The van der Waals surface area contributed by atoms with Gasteiger partial charge in [0.05, 0.1) is 6.54 Å². The molecule has 0 aromatic heterocycles. The second-order valence-corrected chi connectivity index (χ2v) is 12.6. The predicted octanol–water partition coefficient (Wildman–Crippen LogP) is 12.2. The van der Waals surface area contributed by atoms with E-state index in [0.717, 1.165) is 24.1 Å². The largest absolute Gasteiger partial charge is 0.312 e. The molecule has 0 bridgehead atoms. The smallest absolute Gasteiger partial charge is 0.105 e. The quantitative estimate of drug-likeness (QED) is 0.0574. The van der Waals surface area contributed by atoms with Crippen molar-refractivity contribution in [3.8, 4) is 0 Å². The summed E-state index contributed by atoms with van der Waals surface area (Å²) in [5.41, 5.74) is 4.33. The molecule has 0 spiro atoms. The van der Waals surface area contributed by atoms with Crippen LogP contribution in [-0.4, -0.2) is 11.0 Å². The number of benzene rings is 3. The maximum atomic E-state index is 2.45. The van der Waals surface area contributed by atoms with Gasteiger partial charge in [-0.2, -0.15) is 0 Å². The molecule has 0 N–H and O–H groups in total. The molecule has 0 radical (unpaired) electrons. The molecule has 3 aromatic rings. The van der Waals surface area contributed by atoms with Crippen LogP contribution in [-0.2, 0) is 19.6 Å². The SMILES string of the molecule is CCCCCCCCCCC/C=C/CCCCCCC[N+](Cc1ccccc1)(Cc1ccccc1)Cc1ccccc1. The second-order valence-electron chi connectivity index (χ2n) is 12.6. The molecular formula is C41H60N+. The van der Waals surface area contributed by atoms with E-state index in [1.54, 1.807) is 0 Å². The van der Waals surface area contributed by atoms with E-state index in [0.29, 0.717) is 0 Å². The van der Waals surface area contributed by atoms with E-state index in [1.807, 2.05) is 0 Å². The number of hydrogen-bond donors (Lipinski definition) is 0. The van der Waals surface area contributed by atoms with Gasteiger partial charge in [-0.25, -0.2) is 0 Å². The van der Waals surface area contributed by atoms with Gasteiger partial charge in [-0.1, -0.05) is 174 Å². The molecule has 1 nitrogen and oxygen atoms in total. The minimum atomic E-state index is 1.08. The fourth-order valence-electron chi connectivity index (χ4n) is 6.37. The highest BCUT2D eigenvalue weighted by Crippen LogP contribution is 2.26. The number of quaternary nitrogens is 1. The van der Waals surface area contributed by atoms with E-state index in [1.165, 1.54) is 126 Å². The number of nitrogens with zero attached hydrogens (tertiary/aromatic N) is 1. The molecule has 228 valence electrons.